The van der Waals surface area contributed by atoms with E-state index in [2.05, 4.69) is 4.98 Å². The first-order chi connectivity index (χ1) is 7.47. The maximum atomic E-state index is 11.9. The van der Waals surface area contributed by atoms with Crippen molar-refractivity contribution in [2.45, 2.75) is 32.8 Å². The summed E-state index contributed by atoms with van der Waals surface area (Å²) >= 11 is 0. The minimum absolute atomic E-state index is 0.315. The molecule has 0 saturated heterocycles. The Morgan fingerprint density at radius 2 is 2.25 bits per heavy atom. The van der Waals surface area contributed by atoms with Gasteiger partial charge in [-0.2, -0.15) is 0 Å². The van der Waals surface area contributed by atoms with Crippen LogP contribution in [0.1, 0.15) is 26.3 Å². The maximum Gasteiger partial charge on any atom is 0.416 e. The second kappa shape index (κ2) is 3.77. The number of hydrogen-bond acceptors (Lipinski definition) is 3. The third-order valence-corrected chi connectivity index (χ3v) is 2.34. The molecule has 0 bridgehead atoms. The third kappa shape index (κ3) is 2.15. The highest BCUT2D eigenvalue weighted by atomic mass is 16.6. The molecule has 2 heterocycles. The van der Waals surface area contributed by atoms with Crippen molar-refractivity contribution in [1.82, 2.24) is 4.98 Å². The fourth-order valence-electron chi connectivity index (χ4n) is 1.70. The summed E-state index contributed by atoms with van der Waals surface area (Å²) in [5, 5.41) is 0. The first kappa shape index (κ1) is 10.9. The van der Waals surface area contributed by atoms with Gasteiger partial charge in [-0.1, -0.05) is 6.07 Å². The minimum Gasteiger partial charge on any atom is -0.443 e. The molecule has 0 spiro atoms. The molecule has 0 aromatic carbocycles. The standard InChI is InChI=1S/C12H16N2O2/c1-12(2,3)16-11(15)14-8-6-9-5-4-7-13-10(9)14/h4-5,7H,6,8H2,1-3H3. The van der Waals surface area contributed by atoms with Gasteiger partial charge < -0.3 is 4.74 Å². The normalized spacial score (nSPS) is 14.8. The number of hydrogen-bond donors (Lipinski definition) is 0. The molecule has 1 aromatic rings. The molecule has 2 rings (SSSR count). The van der Waals surface area contributed by atoms with Crippen molar-refractivity contribution in [1.29, 1.82) is 0 Å². The van der Waals surface area contributed by atoms with Crippen LogP contribution in [0.5, 0.6) is 0 Å². The predicted molar refractivity (Wildman–Crippen MR) is 61.5 cm³/mol. The molecule has 0 radical (unpaired) electrons. The number of aromatic nitrogens is 1. The van der Waals surface area contributed by atoms with Gasteiger partial charge in [-0.15, -0.1) is 0 Å². The first-order valence-electron chi connectivity index (χ1n) is 5.42. The predicted octanol–water partition coefficient (Wildman–Crippen LogP) is 2.38. The molecule has 0 aliphatic carbocycles. The van der Waals surface area contributed by atoms with Gasteiger partial charge in [0, 0.05) is 12.7 Å². The fourth-order valence-corrected chi connectivity index (χ4v) is 1.70. The molecular formula is C12H16N2O2. The van der Waals surface area contributed by atoms with E-state index in [-0.39, 0.29) is 6.09 Å². The molecule has 1 aliphatic rings. The summed E-state index contributed by atoms with van der Waals surface area (Å²) in [6, 6.07) is 3.88. The smallest absolute Gasteiger partial charge is 0.416 e. The topological polar surface area (TPSA) is 42.4 Å². The van der Waals surface area contributed by atoms with Crippen molar-refractivity contribution in [2.75, 3.05) is 11.4 Å². The Hall–Kier alpha value is -1.58. The molecule has 0 fully saturated rings. The lowest BCUT2D eigenvalue weighted by atomic mass is 10.2. The molecule has 0 N–H and O–H groups in total. The minimum atomic E-state index is -0.464. The number of rotatable bonds is 0. The largest absolute Gasteiger partial charge is 0.443 e. The van der Waals surface area contributed by atoms with Crippen LogP contribution < -0.4 is 4.90 Å². The Morgan fingerprint density at radius 3 is 2.94 bits per heavy atom. The maximum absolute atomic E-state index is 11.9. The average molecular weight is 220 g/mol. The molecule has 1 amide bonds. The van der Waals surface area contributed by atoms with Crippen LogP contribution in [0.4, 0.5) is 10.6 Å². The number of fused-ring (bicyclic) bond motifs is 1. The molecular weight excluding hydrogens is 204 g/mol. The molecule has 16 heavy (non-hydrogen) atoms. The number of anilines is 1. The van der Waals surface area contributed by atoms with Crippen molar-refractivity contribution in [3.63, 3.8) is 0 Å². The molecule has 1 aliphatic heterocycles. The zero-order valence-electron chi connectivity index (χ0n) is 9.86. The van der Waals surface area contributed by atoms with Crippen molar-refractivity contribution >= 4 is 11.9 Å². The molecule has 0 unspecified atom stereocenters. The van der Waals surface area contributed by atoms with Crippen LogP contribution in [0.3, 0.4) is 0 Å². The number of carbonyl (C=O) groups is 1. The van der Waals surface area contributed by atoms with Crippen LogP contribution >= 0.6 is 0 Å². The van der Waals surface area contributed by atoms with Gasteiger partial charge in [0.2, 0.25) is 0 Å². The summed E-state index contributed by atoms with van der Waals surface area (Å²) in [4.78, 5) is 17.7. The highest BCUT2D eigenvalue weighted by Crippen LogP contribution is 2.26. The molecule has 0 saturated carbocycles. The molecule has 4 nitrogen and oxygen atoms in total. The summed E-state index contributed by atoms with van der Waals surface area (Å²) in [6.45, 7) is 6.24. The first-order valence-corrected chi connectivity index (χ1v) is 5.42. The Bertz CT molecular complexity index is 410. The van der Waals surface area contributed by atoms with Crippen LogP contribution in [0.25, 0.3) is 0 Å². The van der Waals surface area contributed by atoms with Gasteiger partial charge in [0.1, 0.15) is 11.4 Å². The van der Waals surface area contributed by atoms with Crippen molar-refractivity contribution < 1.29 is 9.53 Å². The Morgan fingerprint density at radius 1 is 1.50 bits per heavy atom. The summed E-state index contributed by atoms with van der Waals surface area (Å²) in [6.07, 6.45) is 2.23. The van der Waals surface area contributed by atoms with Crippen LogP contribution in [-0.4, -0.2) is 23.2 Å². The number of ether oxygens (including phenoxy) is 1. The lowest BCUT2D eigenvalue weighted by Crippen LogP contribution is -2.36. The van der Waals surface area contributed by atoms with Gasteiger partial charge in [0.25, 0.3) is 0 Å². The van der Waals surface area contributed by atoms with Gasteiger partial charge in [-0.3, -0.25) is 4.90 Å². The van der Waals surface area contributed by atoms with E-state index in [1.54, 1.807) is 11.1 Å². The van der Waals surface area contributed by atoms with Crippen LogP contribution in [0, 0.1) is 0 Å². The van der Waals surface area contributed by atoms with E-state index in [1.165, 1.54) is 0 Å². The van der Waals surface area contributed by atoms with E-state index < -0.39 is 5.60 Å². The summed E-state index contributed by atoms with van der Waals surface area (Å²) in [5.74, 6) is 0.733. The van der Waals surface area contributed by atoms with Gasteiger partial charge >= 0.3 is 6.09 Å². The lowest BCUT2D eigenvalue weighted by molar-refractivity contribution is 0.0583. The fraction of sp³-hybridized carbons (Fsp3) is 0.500. The van der Waals surface area contributed by atoms with Crippen molar-refractivity contribution in [2.24, 2.45) is 0 Å². The molecule has 1 aromatic heterocycles. The van der Waals surface area contributed by atoms with E-state index in [4.69, 9.17) is 4.74 Å². The van der Waals surface area contributed by atoms with Crippen LogP contribution in [-0.2, 0) is 11.2 Å². The average Bonchev–Trinajstić information content (AvgIpc) is 2.58. The van der Waals surface area contributed by atoms with E-state index in [9.17, 15) is 4.79 Å². The Kier molecular flexibility index (Phi) is 2.58. The van der Waals surface area contributed by atoms with E-state index in [0.717, 1.165) is 17.8 Å². The molecule has 86 valence electrons. The third-order valence-electron chi connectivity index (χ3n) is 2.34. The Labute approximate surface area is 95.2 Å². The Balaban J connectivity index is 2.16. The second-order valence-electron chi connectivity index (χ2n) is 4.87. The van der Waals surface area contributed by atoms with Crippen molar-refractivity contribution in [3.05, 3.63) is 23.9 Å². The van der Waals surface area contributed by atoms with E-state index >= 15 is 0 Å². The van der Waals surface area contributed by atoms with Gasteiger partial charge in [0.15, 0.2) is 0 Å². The highest BCUT2D eigenvalue weighted by molar-refractivity contribution is 5.89. The van der Waals surface area contributed by atoms with Gasteiger partial charge in [0.05, 0.1) is 0 Å². The lowest BCUT2D eigenvalue weighted by Gasteiger charge is -2.24. The van der Waals surface area contributed by atoms with Gasteiger partial charge in [-0.25, -0.2) is 9.78 Å². The highest BCUT2D eigenvalue weighted by Gasteiger charge is 2.29. The molecule has 4 heteroatoms. The van der Waals surface area contributed by atoms with E-state index in [1.807, 2.05) is 32.9 Å². The summed E-state index contributed by atoms with van der Waals surface area (Å²) in [7, 11) is 0. The van der Waals surface area contributed by atoms with Crippen molar-refractivity contribution in [3.8, 4) is 0 Å². The van der Waals surface area contributed by atoms with Crippen LogP contribution in [0.15, 0.2) is 18.3 Å². The number of nitrogens with zero attached hydrogens (tertiary/aromatic N) is 2. The van der Waals surface area contributed by atoms with E-state index in [0.29, 0.717) is 6.54 Å². The van der Waals surface area contributed by atoms with Crippen LogP contribution in [0.2, 0.25) is 0 Å². The monoisotopic (exact) mass is 220 g/mol. The summed E-state index contributed by atoms with van der Waals surface area (Å²) < 4.78 is 5.33. The number of pyridine rings is 1. The second-order valence-corrected chi connectivity index (χ2v) is 4.87. The summed E-state index contributed by atoms with van der Waals surface area (Å²) in [5.41, 5.74) is 0.641. The number of amides is 1. The zero-order valence-corrected chi connectivity index (χ0v) is 9.86. The quantitative estimate of drug-likeness (QED) is 0.674. The molecule has 0 atom stereocenters. The van der Waals surface area contributed by atoms with Gasteiger partial charge in [-0.05, 0) is 38.8 Å². The number of carbonyl (C=O) groups excluding carboxylic acids is 1. The zero-order chi connectivity index (χ0) is 11.8. The SMILES string of the molecule is CC(C)(C)OC(=O)N1CCc2cccnc21.